The summed E-state index contributed by atoms with van der Waals surface area (Å²) in [6, 6.07) is 13.2. The predicted molar refractivity (Wildman–Crippen MR) is 112 cm³/mol. The van der Waals surface area contributed by atoms with Gasteiger partial charge in [0.25, 0.3) is 0 Å². The Labute approximate surface area is 172 Å². The molecule has 0 aliphatic rings. The highest BCUT2D eigenvalue weighted by atomic mass is 19.4. The molecular weight excluding hydrogens is 393 g/mol. The number of halogens is 3. The number of rotatable bonds is 6. The van der Waals surface area contributed by atoms with Gasteiger partial charge in [0.1, 0.15) is 0 Å². The molecule has 0 fully saturated rings. The summed E-state index contributed by atoms with van der Waals surface area (Å²) < 4.78 is 42.3. The predicted octanol–water partition coefficient (Wildman–Crippen LogP) is 6.19. The van der Waals surface area contributed by atoms with Crippen LogP contribution in [0.25, 0.3) is 11.0 Å². The number of aromatic amines is 1. The third kappa shape index (κ3) is 6.27. The zero-order valence-electron chi connectivity index (χ0n) is 16.4. The van der Waals surface area contributed by atoms with Crippen molar-refractivity contribution in [1.82, 2.24) is 9.97 Å². The second kappa shape index (κ2) is 9.83. The van der Waals surface area contributed by atoms with Crippen molar-refractivity contribution in [2.24, 2.45) is 4.99 Å². The molecule has 0 unspecified atom stereocenters. The number of unbranched alkanes of at least 4 members (excludes halogenated alkanes) is 3. The number of benzene rings is 2. The van der Waals surface area contributed by atoms with Gasteiger partial charge < -0.3 is 15.0 Å². The average Bonchev–Trinajstić information content (AvgIpc) is 3.10. The maximum Gasteiger partial charge on any atom is 0.573 e. The van der Waals surface area contributed by atoms with Crippen LogP contribution >= 0.6 is 0 Å². The van der Waals surface area contributed by atoms with Crippen LogP contribution in [0.1, 0.15) is 32.6 Å². The molecule has 0 saturated heterocycles. The van der Waals surface area contributed by atoms with Gasteiger partial charge in [-0.05, 0) is 36.6 Å². The second-order valence-corrected chi connectivity index (χ2v) is 6.47. The van der Waals surface area contributed by atoms with Gasteiger partial charge in [-0.15, -0.1) is 13.2 Å². The Morgan fingerprint density at radius 2 is 1.90 bits per heavy atom. The van der Waals surface area contributed by atoms with Gasteiger partial charge in [0, 0.05) is 6.42 Å². The molecule has 2 aromatic carbocycles. The van der Waals surface area contributed by atoms with Gasteiger partial charge in [0.2, 0.25) is 5.95 Å². The first-order valence-electron chi connectivity index (χ1n) is 9.58. The van der Waals surface area contributed by atoms with E-state index in [1.165, 1.54) is 18.2 Å². The van der Waals surface area contributed by atoms with Crippen molar-refractivity contribution in [3.05, 3.63) is 48.5 Å². The molecule has 0 spiro atoms. The number of ether oxygens (including phenoxy) is 1. The van der Waals surface area contributed by atoms with E-state index < -0.39 is 6.36 Å². The van der Waals surface area contributed by atoms with E-state index in [-0.39, 0.29) is 17.3 Å². The fraction of sp³-hybridized carbons (Fsp3) is 0.273. The lowest BCUT2D eigenvalue weighted by atomic mass is 10.2. The molecule has 0 bridgehead atoms. The lowest BCUT2D eigenvalue weighted by Gasteiger charge is -2.13. The van der Waals surface area contributed by atoms with Crippen LogP contribution in [0.5, 0.6) is 5.75 Å². The zero-order valence-corrected chi connectivity index (χ0v) is 16.4. The van der Waals surface area contributed by atoms with E-state index in [1.54, 1.807) is 6.07 Å². The highest BCUT2D eigenvalue weighted by molar-refractivity contribution is 6.09. The number of anilines is 1. The average molecular weight is 414 g/mol. The largest absolute Gasteiger partial charge is 0.573 e. The molecule has 0 aliphatic carbocycles. The molecule has 1 aromatic heterocycles. The maximum atomic E-state index is 12.7. The van der Waals surface area contributed by atoms with Crippen molar-refractivity contribution < 1.29 is 17.9 Å². The minimum Gasteiger partial charge on any atom is -0.404 e. The van der Waals surface area contributed by atoms with Crippen LogP contribution in [0.15, 0.2) is 53.5 Å². The van der Waals surface area contributed by atoms with Crippen molar-refractivity contribution in [3.63, 3.8) is 0 Å². The van der Waals surface area contributed by atoms with Gasteiger partial charge in [-0.2, -0.15) is 4.99 Å². The Morgan fingerprint density at radius 3 is 2.67 bits per heavy atom. The van der Waals surface area contributed by atoms with Crippen molar-refractivity contribution in [1.29, 1.82) is 0 Å². The molecule has 0 radical (unpaired) electrons. The lowest BCUT2D eigenvalue weighted by molar-refractivity contribution is -0.274. The molecule has 2 N–H and O–H groups in total. The number of hydrogen-bond donors (Lipinski definition) is 2. The molecule has 0 amide bonds. The fourth-order valence-electron chi connectivity index (χ4n) is 2.71. The summed E-state index contributed by atoms with van der Waals surface area (Å²) in [7, 11) is 0. The van der Waals surface area contributed by atoms with Crippen LogP contribution < -0.4 is 10.1 Å². The van der Waals surface area contributed by atoms with Crippen molar-refractivity contribution in [3.8, 4) is 17.6 Å². The summed E-state index contributed by atoms with van der Waals surface area (Å²) in [5.74, 6) is 6.02. The summed E-state index contributed by atoms with van der Waals surface area (Å²) in [6.07, 6.45) is -1.08. The normalized spacial score (nSPS) is 11.8. The molecule has 0 saturated carbocycles. The first-order chi connectivity index (χ1) is 14.4. The van der Waals surface area contributed by atoms with Crippen LogP contribution in [0.4, 0.5) is 24.8 Å². The highest BCUT2D eigenvalue weighted by Crippen LogP contribution is 2.30. The Balaban J connectivity index is 1.90. The van der Waals surface area contributed by atoms with E-state index >= 15 is 0 Å². The standard InChI is InChI=1S/C22H21F3N4O/c1-2-3-4-5-6-15-20(29-21-27-16-11-7-8-12-17(16)28-21)26-18-13-9-10-14-19(18)30-22(23,24)25/h7-14H,2-5H2,1H3,(H2,26,27,28,29). The molecule has 8 heteroatoms. The minimum absolute atomic E-state index is 0.104. The molecule has 3 aromatic rings. The Morgan fingerprint density at radius 1 is 1.13 bits per heavy atom. The third-order valence-corrected chi connectivity index (χ3v) is 4.07. The number of alkyl halides is 3. The third-order valence-electron chi connectivity index (χ3n) is 4.07. The monoisotopic (exact) mass is 414 g/mol. The van der Waals surface area contributed by atoms with E-state index in [4.69, 9.17) is 0 Å². The quantitative estimate of drug-likeness (QED) is 0.219. The molecule has 30 heavy (non-hydrogen) atoms. The molecule has 156 valence electrons. The number of aliphatic imine (C=N–C) groups is 1. The lowest BCUT2D eigenvalue weighted by Crippen LogP contribution is -2.19. The Bertz CT molecular complexity index is 1040. The first-order valence-corrected chi connectivity index (χ1v) is 9.58. The summed E-state index contributed by atoms with van der Waals surface area (Å²) in [6.45, 7) is 2.10. The fourth-order valence-corrected chi connectivity index (χ4v) is 2.71. The van der Waals surface area contributed by atoms with Gasteiger partial charge in [-0.25, -0.2) is 4.98 Å². The number of amidine groups is 1. The molecule has 3 rings (SSSR count). The topological polar surface area (TPSA) is 62.3 Å². The van der Waals surface area contributed by atoms with Gasteiger partial charge >= 0.3 is 6.36 Å². The maximum absolute atomic E-state index is 12.7. The number of imidazole rings is 1. The minimum atomic E-state index is -4.81. The molecule has 0 aliphatic heterocycles. The molecule has 0 atom stereocenters. The van der Waals surface area contributed by atoms with E-state index in [9.17, 15) is 13.2 Å². The number of aromatic nitrogens is 2. The Hall–Kier alpha value is -3.47. The summed E-state index contributed by atoms with van der Waals surface area (Å²) in [5, 5.41) is 2.85. The van der Waals surface area contributed by atoms with Gasteiger partial charge in [0.05, 0.1) is 16.7 Å². The van der Waals surface area contributed by atoms with E-state index in [0.29, 0.717) is 12.4 Å². The number of nitrogens with one attached hydrogen (secondary N) is 2. The zero-order chi connectivity index (χ0) is 21.4. The Kier molecular flexibility index (Phi) is 6.96. The van der Waals surface area contributed by atoms with Crippen molar-refractivity contribution in [2.45, 2.75) is 39.0 Å². The molecule has 5 nitrogen and oxygen atoms in total. The van der Waals surface area contributed by atoms with E-state index in [2.05, 4.69) is 43.8 Å². The van der Waals surface area contributed by atoms with Crippen molar-refractivity contribution >= 4 is 28.5 Å². The van der Waals surface area contributed by atoms with Crippen LogP contribution in [0.3, 0.4) is 0 Å². The van der Waals surface area contributed by atoms with Crippen molar-refractivity contribution in [2.75, 3.05) is 5.32 Å². The van der Waals surface area contributed by atoms with E-state index in [1.807, 2.05) is 24.3 Å². The number of nitrogens with zero attached hydrogens (tertiary/aromatic N) is 2. The summed E-state index contributed by atoms with van der Waals surface area (Å²) in [4.78, 5) is 11.8. The van der Waals surface area contributed by atoms with Gasteiger partial charge in [-0.1, -0.05) is 50.0 Å². The molecule has 1 heterocycles. The number of fused-ring (bicyclic) bond motifs is 1. The SMILES string of the molecule is CCCCCC#C/C(=N/c1nc2ccccc2[nH]1)Nc1ccccc1OC(F)(F)F. The van der Waals surface area contributed by atoms with Crippen LogP contribution in [-0.2, 0) is 0 Å². The number of hydrogen-bond acceptors (Lipinski definition) is 3. The van der Waals surface area contributed by atoms with Gasteiger partial charge in [0.15, 0.2) is 11.6 Å². The van der Waals surface area contributed by atoms with Gasteiger partial charge in [-0.3, -0.25) is 0 Å². The smallest absolute Gasteiger partial charge is 0.404 e. The van der Waals surface area contributed by atoms with Crippen LogP contribution in [0.2, 0.25) is 0 Å². The van der Waals surface area contributed by atoms with E-state index in [0.717, 1.165) is 30.3 Å². The summed E-state index contributed by atoms with van der Waals surface area (Å²) in [5.41, 5.74) is 1.63. The van der Waals surface area contributed by atoms with Crippen LogP contribution in [0, 0.1) is 11.8 Å². The summed E-state index contributed by atoms with van der Waals surface area (Å²) >= 11 is 0. The molecular formula is C22H21F3N4O. The second-order valence-electron chi connectivity index (χ2n) is 6.47. The number of H-pyrrole nitrogens is 1. The van der Waals surface area contributed by atoms with Crippen LogP contribution in [-0.4, -0.2) is 22.2 Å². The highest BCUT2D eigenvalue weighted by Gasteiger charge is 2.32. The first kappa shape index (κ1) is 21.2. The number of para-hydroxylation sites is 4.